The molecule has 9 heteroatoms. The molecule has 0 aliphatic heterocycles. The molecule has 1 atom stereocenters. The fraction of sp³-hybridized carbons (Fsp3) is 0.471. The number of hydrogen-bond donors (Lipinski definition) is 4. The molecule has 1 aliphatic rings. The first-order chi connectivity index (χ1) is 12.4. The summed E-state index contributed by atoms with van der Waals surface area (Å²) in [7, 11) is 2.92. The quantitative estimate of drug-likeness (QED) is 0.537. The van der Waals surface area contributed by atoms with Crippen molar-refractivity contribution in [1.82, 2.24) is 16.0 Å². The second-order valence-electron chi connectivity index (χ2n) is 5.93. The maximum Gasteiger partial charge on any atom is 0.321 e. The van der Waals surface area contributed by atoms with E-state index < -0.39 is 18.0 Å². The second kappa shape index (κ2) is 8.93. The molecular weight excluding hydrogens is 340 g/mol. The van der Waals surface area contributed by atoms with Gasteiger partial charge in [0.1, 0.15) is 6.04 Å². The molecule has 1 aromatic rings. The zero-order valence-corrected chi connectivity index (χ0v) is 15.0. The Morgan fingerprint density at radius 3 is 2.58 bits per heavy atom. The first-order valence-corrected chi connectivity index (χ1v) is 8.32. The van der Waals surface area contributed by atoms with Gasteiger partial charge in [-0.2, -0.15) is 0 Å². The number of benzene rings is 1. The SMILES string of the molecule is CNC(=O)NC(=O)[C@H](C)Nc1ccc(OC)c(OCC(=O)NC2CC2)c1. The third-order valence-electron chi connectivity index (χ3n) is 3.71. The van der Waals surface area contributed by atoms with E-state index in [0.29, 0.717) is 17.2 Å². The third-order valence-corrected chi connectivity index (χ3v) is 3.71. The average Bonchev–Trinajstić information content (AvgIpc) is 3.43. The van der Waals surface area contributed by atoms with Crippen LogP contribution in [0.1, 0.15) is 19.8 Å². The molecule has 142 valence electrons. The van der Waals surface area contributed by atoms with E-state index >= 15 is 0 Å². The Kier molecular flexibility index (Phi) is 6.65. The van der Waals surface area contributed by atoms with Crippen molar-refractivity contribution in [3.8, 4) is 11.5 Å². The number of hydrogen-bond acceptors (Lipinski definition) is 6. The van der Waals surface area contributed by atoms with E-state index in [2.05, 4.69) is 21.3 Å². The van der Waals surface area contributed by atoms with Gasteiger partial charge in [0.15, 0.2) is 18.1 Å². The first-order valence-electron chi connectivity index (χ1n) is 8.32. The highest BCUT2D eigenvalue weighted by Crippen LogP contribution is 2.30. The van der Waals surface area contributed by atoms with E-state index in [1.807, 2.05) is 0 Å². The molecule has 1 aromatic carbocycles. The highest BCUT2D eigenvalue weighted by atomic mass is 16.5. The number of rotatable bonds is 8. The summed E-state index contributed by atoms with van der Waals surface area (Å²) in [5, 5.41) is 10.3. The van der Waals surface area contributed by atoms with Crippen LogP contribution in [0.3, 0.4) is 0 Å². The molecule has 2 rings (SSSR count). The van der Waals surface area contributed by atoms with Crippen molar-refractivity contribution in [1.29, 1.82) is 0 Å². The van der Waals surface area contributed by atoms with Gasteiger partial charge in [0.2, 0.25) is 5.91 Å². The van der Waals surface area contributed by atoms with E-state index in [1.165, 1.54) is 14.2 Å². The number of imide groups is 1. The molecule has 1 saturated carbocycles. The second-order valence-corrected chi connectivity index (χ2v) is 5.93. The highest BCUT2D eigenvalue weighted by molar-refractivity contribution is 5.97. The Morgan fingerprint density at radius 1 is 1.23 bits per heavy atom. The Hall–Kier alpha value is -2.97. The molecule has 4 amide bonds. The number of methoxy groups -OCH3 is 1. The number of nitrogens with one attached hydrogen (secondary N) is 4. The summed E-state index contributed by atoms with van der Waals surface area (Å²) in [5.41, 5.74) is 0.586. The van der Waals surface area contributed by atoms with Crippen molar-refractivity contribution in [2.75, 3.05) is 26.1 Å². The lowest BCUT2D eigenvalue weighted by molar-refractivity contribution is -0.123. The minimum atomic E-state index is -0.660. The van der Waals surface area contributed by atoms with Crippen LogP contribution in [0.2, 0.25) is 0 Å². The van der Waals surface area contributed by atoms with Gasteiger partial charge in [-0.05, 0) is 31.9 Å². The summed E-state index contributed by atoms with van der Waals surface area (Å²) in [5.74, 6) is 0.178. The minimum absolute atomic E-state index is 0.122. The van der Waals surface area contributed by atoms with Gasteiger partial charge in [-0.15, -0.1) is 0 Å². The normalized spacial score (nSPS) is 14.0. The summed E-state index contributed by atoms with van der Waals surface area (Å²) in [6.07, 6.45) is 2.01. The number of ether oxygens (including phenoxy) is 2. The van der Waals surface area contributed by atoms with Crippen LogP contribution < -0.4 is 30.7 Å². The van der Waals surface area contributed by atoms with E-state index in [0.717, 1.165) is 12.8 Å². The maximum absolute atomic E-state index is 11.9. The summed E-state index contributed by atoms with van der Waals surface area (Å²) >= 11 is 0. The minimum Gasteiger partial charge on any atom is -0.493 e. The van der Waals surface area contributed by atoms with Gasteiger partial charge in [-0.3, -0.25) is 14.9 Å². The van der Waals surface area contributed by atoms with Gasteiger partial charge in [-0.1, -0.05) is 0 Å². The molecule has 0 aromatic heterocycles. The molecular formula is C17H24N4O5. The molecule has 0 bridgehead atoms. The largest absolute Gasteiger partial charge is 0.493 e. The van der Waals surface area contributed by atoms with Crippen LogP contribution in [-0.2, 0) is 9.59 Å². The van der Waals surface area contributed by atoms with E-state index in [-0.39, 0.29) is 18.6 Å². The zero-order chi connectivity index (χ0) is 19.1. The molecule has 0 heterocycles. The summed E-state index contributed by atoms with van der Waals surface area (Å²) in [6, 6.07) is 4.03. The molecule has 0 spiro atoms. The predicted molar refractivity (Wildman–Crippen MR) is 95.3 cm³/mol. The lowest BCUT2D eigenvalue weighted by Gasteiger charge is -2.17. The standard InChI is InChI=1S/C17H24N4O5/c1-10(16(23)21-17(24)18-2)19-12-6-7-13(25-3)14(8-12)26-9-15(22)20-11-4-5-11/h6-8,10-11,19H,4-5,9H2,1-3H3,(H,20,22)(H2,18,21,23,24)/t10-/m0/s1. The van der Waals surface area contributed by atoms with Crippen LogP contribution in [-0.4, -0.2) is 50.7 Å². The van der Waals surface area contributed by atoms with Gasteiger partial charge in [0.25, 0.3) is 5.91 Å². The summed E-state index contributed by atoms with van der Waals surface area (Å²) < 4.78 is 10.8. The Labute approximate surface area is 151 Å². The van der Waals surface area contributed by atoms with E-state index in [1.54, 1.807) is 25.1 Å². The van der Waals surface area contributed by atoms with Crippen molar-refractivity contribution >= 4 is 23.5 Å². The molecule has 26 heavy (non-hydrogen) atoms. The van der Waals surface area contributed by atoms with Crippen molar-refractivity contribution in [2.24, 2.45) is 0 Å². The Morgan fingerprint density at radius 2 is 1.96 bits per heavy atom. The first kappa shape index (κ1) is 19.4. The monoisotopic (exact) mass is 364 g/mol. The zero-order valence-electron chi connectivity index (χ0n) is 15.0. The fourth-order valence-corrected chi connectivity index (χ4v) is 2.12. The van der Waals surface area contributed by atoms with Crippen LogP contribution >= 0.6 is 0 Å². The van der Waals surface area contributed by atoms with Crippen molar-refractivity contribution in [2.45, 2.75) is 31.8 Å². The molecule has 1 aliphatic carbocycles. The van der Waals surface area contributed by atoms with Crippen LogP contribution in [0.5, 0.6) is 11.5 Å². The van der Waals surface area contributed by atoms with Crippen LogP contribution in [0, 0.1) is 0 Å². The Bertz CT molecular complexity index is 675. The van der Waals surface area contributed by atoms with E-state index in [4.69, 9.17) is 9.47 Å². The summed E-state index contributed by atoms with van der Waals surface area (Å²) in [4.78, 5) is 34.9. The maximum atomic E-state index is 11.9. The van der Waals surface area contributed by atoms with Crippen LogP contribution in [0.15, 0.2) is 18.2 Å². The number of amides is 4. The summed E-state index contributed by atoms with van der Waals surface area (Å²) in [6.45, 7) is 1.50. The number of carbonyl (C=O) groups is 3. The molecule has 0 radical (unpaired) electrons. The number of urea groups is 1. The highest BCUT2D eigenvalue weighted by Gasteiger charge is 2.23. The average molecular weight is 364 g/mol. The van der Waals surface area contributed by atoms with Gasteiger partial charge in [0.05, 0.1) is 7.11 Å². The topological polar surface area (TPSA) is 118 Å². The van der Waals surface area contributed by atoms with Crippen LogP contribution in [0.4, 0.5) is 10.5 Å². The van der Waals surface area contributed by atoms with Gasteiger partial charge in [0, 0.05) is 24.8 Å². The molecule has 1 fully saturated rings. The smallest absolute Gasteiger partial charge is 0.321 e. The van der Waals surface area contributed by atoms with Gasteiger partial charge in [-0.25, -0.2) is 4.79 Å². The molecule has 0 unspecified atom stereocenters. The molecule has 9 nitrogen and oxygen atoms in total. The molecule has 0 saturated heterocycles. The fourth-order valence-electron chi connectivity index (χ4n) is 2.12. The number of carbonyl (C=O) groups excluding carboxylic acids is 3. The van der Waals surface area contributed by atoms with E-state index in [9.17, 15) is 14.4 Å². The van der Waals surface area contributed by atoms with Crippen molar-refractivity contribution in [3.05, 3.63) is 18.2 Å². The predicted octanol–water partition coefficient (Wildman–Crippen LogP) is 0.609. The number of anilines is 1. The third kappa shape index (κ3) is 5.83. The Balaban J connectivity index is 1.96. The van der Waals surface area contributed by atoms with Gasteiger partial charge >= 0.3 is 6.03 Å². The molecule has 4 N–H and O–H groups in total. The van der Waals surface area contributed by atoms with Gasteiger partial charge < -0.3 is 25.4 Å². The lowest BCUT2D eigenvalue weighted by Crippen LogP contribution is -2.44. The van der Waals surface area contributed by atoms with Crippen LogP contribution in [0.25, 0.3) is 0 Å². The van der Waals surface area contributed by atoms with Crippen molar-refractivity contribution in [3.63, 3.8) is 0 Å². The van der Waals surface area contributed by atoms with Crippen molar-refractivity contribution < 1.29 is 23.9 Å². The lowest BCUT2D eigenvalue weighted by atomic mass is 10.2.